The van der Waals surface area contributed by atoms with E-state index in [4.69, 9.17) is 0 Å². The number of amides is 2. The molecule has 5 nitrogen and oxygen atoms in total. The number of hydrogen-bond donors (Lipinski definition) is 4. The van der Waals surface area contributed by atoms with Crippen LogP contribution < -0.4 is 10.6 Å². The van der Waals surface area contributed by atoms with E-state index < -0.39 is 0 Å². The molecule has 2 amide bonds. The van der Waals surface area contributed by atoms with Crippen molar-refractivity contribution < 1.29 is 15.0 Å². The number of rotatable bonds is 4. The monoisotopic (exact) mass is 346 g/mol. The van der Waals surface area contributed by atoms with Gasteiger partial charge in [-0.2, -0.15) is 0 Å². The minimum Gasteiger partial charge on any atom is -0.508 e. The molecular weight excluding hydrogens is 328 g/mol. The van der Waals surface area contributed by atoms with Gasteiger partial charge in [-0.1, -0.05) is 42.5 Å². The fraction of sp³-hybridized carbons (Fsp3) is 0. The number of carbonyl (C=O) groups is 1. The standard InChI is InChI=1S/C21H18N2O3/c24-19-12-16(13-20(25)14-19)7-6-15-8-10-18(11-9-15)23-21(26)22-17-4-2-1-3-5-17/h1-14,24-25H,(H2,22,23,26)/b7-6+. The minimum absolute atomic E-state index is 0.00799. The Morgan fingerprint density at radius 3 is 1.85 bits per heavy atom. The lowest BCUT2D eigenvalue weighted by molar-refractivity contribution is 0.262. The number of nitrogens with one attached hydrogen (secondary N) is 2. The van der Waals surface area contributed by atoms with Gasteiger partial charge in [0.2, 0.25) is 0 Å². The van der Waals surface area contributed by atoms with Gasteiger partial charge < -0.3 is 20.8 Å². The Hall–Kier alpha value is -3.73. The maximum absolute atomic E-state index is 12.0. The van der Waals surface area contributed by atoms with Crippen LogP contribution in [0.4, 0.5) is 16.2 Å². The van der Waals surface area contributed by atoms with Crippen LogP contribution in [0.5, 0.6) is 11.5 Å². The number of phenolic OH excluding ortho intramolecular Hbond substituents is 2. The molecule has 0 saturated carbocycles. The zero-order chi connectivity index (χ0) is 18.4. The molecule has 0 saturated heterocycles. The smallest absolute Gasteiger partial charge is 0.323 e. The van der Waals surface area contributed by atoms with E-state index >= 15 is 0 Å². The topological polar surface area (TPSA) is 81.6 Å². The Morgan fingerprint density at radius 2 is 1.23 bits per heavy atom. The average molecular weight is 346 g/mol. The van der Waals surface area contributed by atoms with E-state index in [9.17, 15) is 15.0 Å². The molecule has 26 heavy (non-hydrogen) atoms. The average Bonchev–Trinajstić information content (AvgIpc) is 2.61. The molecule has 5 heteroatoms. The van der Waals surface area contributed by atoms with Crippen LogP contribution in [0.15, 0.2) is 72.8 Å². The van der Waals surface area contributed by atoms with Crippen LogP contribution in [-0.4, -0.2) is 16.2 Å². The number of phenols is 2. The molecule has 0 atom stereocenters. The first-order chi connectivity index (χ1) is 12.6. The molecule has 3 aromatic carbocycles. The van der Waals surface area contributed by atoms with Crippen molar-refractivity contribution in [1.29, 1.82) is 0 Å². The van der Waals surface area contributed by atoms with E-state index in [2.05, 4.69) is 10.6 Å². The highest BCUT2D eigenvalue weighted by Crippen LogP contribution is 2.22. The fourth-order valence-corrected chi connectivity index (χ4v) is 2.40. The minimum atomic E-state index is -0.310. The Balaban J connectivity index is 1.61. The Labute approximate surface area is 151 Å². The summed E-state index contributed by atoms with van der Waals surface area (Å²) in [6.45, 7) is 0. The first-order valence-electron chi connectivity index (χ1n) is 8.03. The van der Waals surface area contributed by atoms with Crippen LogP contribution in [0.2, 0.25) is 0 Å². The second kappa shape index (κ2) is 7.90. The molecule has 0 aliphatic rings. The molecule has 0 aliphatic heterocycles. The normalized spacial score (nSPS) is 10.6. The number of benzene rings is 3. The van der Waals surface area contributed by atoms with Gasteiger partial charge in [0.15, 0.2) is 0 Å². The van der Waals surface area contributed by atoms with Crippen molar-refractivity contribution in [2.24, 2.45) is 0 Å². The summed E-state index contributed by atoms with van der Waals surface area (Å²) in [5, 5.41) is 24.5. The molecule has 0 aromatic heterocycles. The number of hydrogen-bond acceptors (Lipinski definition) is 3. The number of aromatic hydroxyl groups is 2. The summed E-state index contributed by atoms with van der Waals surface area (Å²) in [7, 11) is 0. The summed E-state index contributed by atoms with van der Waals surface area (Å²) < 4.78 is 0. The highest BCUT2D eigenvalue weighted by atomic mass is 16.3. The predicted molar refractivity (Wildman–Crippen MR) is 104 cm³/mol. The van der Waals surface area contributed by atoms with Crippen LogP contribution in [0.1, 0.15) is 11.1 Å². The molecule has 4 N–H and O–H groups in total. The Morgan fingerprint density at radius 1 is 0.692 bits per heavy atom. The van der Waals surface area contributed by atoms with Gasteiger partial charge in [-0.25, -0.2) is 4.79 Å². The lowest BCUT2D eigenvalue weighted by Crippen LogP contribution is -2.19. The predicted octanol–water partition coefficient (Wildman–Crippen LogP) is 4.91. The van der Waals surface area contributed by atoms with E-state index in [-0.39, 0.29) is 17.5 Å². The SMILES string of the molecule is O=C(Nc1ccccc1)Nc1ccc(/C=C/c2cc(O)cc(O)c2)cc1. The van der Waals surface area contributed by atoms with Crippen molar-refractivity contribution in [3.8, 4) is 11.5 Å². The van der Waals surface area contributed by atoms with Crippen molar-refractivity contribution in [1.82, 2.24) is 0 Å². The summed E-state index contributed by atoms with van der Waals surface area (Å²) in [6, 6.07) is 20.6. The second-order valence-corrected chi connectivity index (χ2v) is 5.68. The molecule has 0 bridgehead atoms. The van der Waals surface area contributed by atoms with Gasteiger partial charge >= 0.3 is 6.03 Å². The molecule has 0 spiro atoms. The lowest BCUT2D eigenvalue weighted by Gasteiger charge is -2.07. The Kier molecular flexibility index (Phi) is 5.19. The maximum atomic E-state index is 12.0. The van der Waals surface area contributed by atoms with E-state index in [0.29, 0.717) is 11.3 Å². The van der Waals surface area contributed by atoms with Gasteiger partial charge in [0, 0.05) is 17.4 Å². The number of anilines is 2. The molecule has 3 aromatic rings. The summed E-state index contributed by atoms with van der Waals surface area (Å²) in [4.78, 5) is 12.0. The van der Waals surface area contributed by atoms with Crippen molar-refractivity contribution in [2.75, 3.05) is 10.6 Å². The van der Waals surface area contributed by atoms with Crippen molar-refractivity contribution in [3.05, 3.63) is 83.9 Å². The zero-order valence-electron chi connectivity index (χ0n) is 13.9. The third-order valence-electron chi connectivity index (χ3n) is 3.59. The summed E-state index contributed by atoms with van der Waals surface area (Å²) >= 11 is 0. The third kappa shape index (κ3) is 4.88. The number of para-hydroxylation sites is 1. The van der Waals surface area contributed by atoms with Crippen LogP contribution in [0, 0.1) is 0 Å². The summed E-state index contributed by atoms with van der Waals surface area (Å²) in [5.74, 6) is 0.0160. The Bertz CT molecular complexity index is 899. The molecule has 0 heterocycles. The van der Waals surface area contributed by atoms with Gasteiger partial charge in [0.05, 0.1) is 0 Å². The number of carbonyl (C=O) groups excluding carboxylic acids is 1. The molecule has 0 fully saturated rings. The first kappa shape index (κ1) is 17.1. The van der Waals surface area contributed by atoms with Crippen LogP contribution in [0.25, 0.3) is 12.2 Å². The zero-order valence-corrected chi connectivity index (χ0v) is 13.9. The van der Waals surface area contributed by atoms with Crippen LogP contribution in [-0.2, 0) is 0 Å². The second-order valence-electron chi connectivity index (χ2n) is 5.68. The summed E-state index contributed by atoms with van der Waals surface area (Å²) in [6.07, 6.45) is 3.63. The van der Waals surface area contributed by atoms with Gasteiger partial charge in [-0.05, 0) is 47.5 Å². The van der Waals surface area contributed by atoms with E-state index in [1.54, 1.807) is 30.3 Å². The van der Waals surface area contributed by atoms with Gasteiger partial charge in [0.1, 0.15) is 11.5 Å². The fourth-order valence-electron chi connectivity index (χ4n) is 2.40. The maximum Gasteiger partial charge on any atom is 0.323 e. The van der Waals surface area contributed by atoms with Gasteiger partial charge in [-0.15, -0.1) is 0 Å². The quantitative estimate of drug-likeness (QED) is 0.507. The molecule has 0 unspecified atom stereocenters. The lowest BCUT2D eigenvalue weighted by atomic mass is 10.1. The highest BCUT2D eigenvalue weighted by Gasteiger charge is 2.02. The van der Waals surface area contributed by atoms with E-state index in [1.807, 2.05) is 48.5 Å². The van der Waals surface area contributed by atoms with Crippen molar-refractivity contribution in [3.63, 3.8) is 0 Å². The molecule has 0 aliphatic carbocycles. The van der Waals surface area contributed by atoms with Crippen molar-refractivity contribution >= 4 is 29.6 Å². The molecular formula is C21H18N2O3. The third-order valence-corrected chi connectivity index (χ3v) is 3.59. The van der Waals surface area contributed by atoms with Crippen LogP contribution >= 0.6 is 0 Å². The molecule has 3 rings (SSSR count). The number of urea groups is 1. The molecule has 130 valence electrons. The highest BCUT2D eigenvalue weighted by molar-refractivity contribution is 5.99. The van der Waals surface area contributed by atoms with E-state index in [1.165, 1.54) is 6.07 Å². The largest absolute Gasteiger partial charge is 0.508 e. The van der Waals surface area contributed by atoms with E-state index in [0.717, 1.165) is 11.3 Å². The summed E-state index contributed by atoms with van der Waals surface area (Å²) in [5.41, 5.74) is 3.00. The van der Waals surface area contributed by atoms with Crippen LogP contribution in [0.3, 0.4) is 0 Å². The molecule has 0 radical (unpaired) electrons. The van der Waals surface area contributed by atoms with Gasteiger partial charge in [0.25, 0.3) is 0 Å². The van der Waals surface area contributed by atoms with Gasteiger partial charge in [-0.3, -0.25) is 0 Å². The first-order valence-corrected chi connectivity index (χ1v) is 8.03. The van der Waals surface area contributed by atoms with Crippen molar-refractivity contribution in [2.45, 2.75) is 0 Å².